The summed E-state index contributed by atoms with van der Waals surface area (Å²) >= 11 is 3.69. The number of ether oxygens (including phenoxy) is 5. The van der Waals surface area contributed by atoms with Gasteiger partial charge in [0.1, 0.15) is 17.8 Å². The van der Waals surface area contributed by atoms with Gasteiger partial charge >= 0.3 is 0 Å². The molecule has 2 N–H and O–H groups in total. The van der Waals surface area contributed by atoms with Crippen LogP contribution in [0.5, 0.6) is 0 Å². The Morgan fingerprint density at radius 3 is 2.27 bits per heavy atom. The van der Waals surface area contributed by atoms with Crippen LogP contribution in [-0.2, 0) is 30.3 Å². The van der Waals surface area contributed by atoms with Crippen LogP contribution in [0.4, 0.5) is 0 Å². The molecule has 0 radical (unpaired) electrons. The lowest BCUT2D eigenvalue weighted by Crippen LogP contribution is -2.67. The van der Waals surface area contributed by atoms with Crippen LogP contribution in [0.15, 0.2) is 59.5 Å². The zero-order valence-electron chi connectivity index (χ0n) is 21.8. The van der Waals surface area contributed by atoms with E-state index in [-0.39, 0.29) is 3.92 Å². The summed E-state index contributed by atoms with van der Waals surface area (Å²) in [4.78, 5) is 0.982. The zero-order valence-corrected chi connectivity index (χ0v) is 24.8. The van der Waals surface area contributed by atoms with Crippen molar-refractivity contribution in [3.63, 3.8) is 0 Å². The number of methoxy groups -OCH3 is 1. The Labute approximate surface area is 237 Å². The van der Waals surface area contributed by atoms with Gasteiger partial charge < -0.3 is 33.9 Å². The van der Waals surface area contributed by atoms with E-state index in [2.05, 4.69) is 22.6 Å². The third kappa shape index (κ3) is 6.53. The fraction of sp³-hybridized carbons (Fsp3) is 0.571. The first kappa shape index (κ1) is 29.2. The lowest BCUT2D eigenvalue weighted by molar-refractivity contribution is -0.328. The molecule has 2 saturated heterocycles. The van der Waals surface area contributed by atoms with Crippen molar-refractivity contribution in [2.75, 3.05) is 7.11 Å². The molecule has 0 bridgehead atoms. The number of thioether (sulfide) groups is 1. The van der Waals surface area contributed by atoms with Crippen molar-refractivity contribution in [2.45, 2.75) is 97.1 Å². The lowest BCUT2D eigenvalue weighted by Gasteiger charge is -2.52. The van der Waals surface area contributed by atoms with Crippen LogP contribution < -0.4 is 0 Å². The lowest BCUT2D eigenvalue weighted by atomic mass is 9.88. The van der Waals surface area contributed by atoms with Crippen molar-refractivity contribution in [1.82, 2.24) is 0 Å². The minimum absolute atomic E-state index is 0.325. The fourth-order valence-corrected chi connectivity index (χ4v) is 6.91. The quantitative estimate of drug-likeness (QED) is 0.322. The molecule has 37 heavy (non-hydrogen) atoms. The fourth-order valence-electron chi connectivity index (χ4n) is 4.80. The maximum absolute atomic E-state index is 11.6. The third-order valence-electron chi connectivity index (χ3n) is 7.10. The largest absolute Gasteiger partial charge is 0.389 e. The van der Waals surface area contributed by atoms with Gasteiger partial charge in [0.05, 0.1) is 34.1 Å². The Morgan fingerprint density at radius 2 is 1.62 bits per heavy atom. The average molecular weight is 645 g/mol. The van der Waals surface area contributed by atoms with Crippen LogP contribution in [0.25, 0.3) is 0 Å². The van der Waals surface area contributed by atoms with Crippen molar-refractivity contribution in [1.29, 1.82) is 0 Å². The SMILES string of the molecule is CO[C@@H]1O[C@@H](C)[C@H](O)[C@@](C)(O[C@@H]2O[C@H](C)[C@@H](OCc3ccccc3)[C@H](O)[C@H]2Sc2ccc(C)cc2)[C@H]1I. The highest BCUT2D eigenvalue weighted by atomic mass is 127. The van der Waals surface area contributed by atoms with Gasteiger partial charge in [-0.15, -0.1) is 11.8 Å². The molecule has 0 saturated carbocycles. The molecular weight excluding hydrogens is 607 g/mol. The van der Waals surface area contributed by atoms with E-state index in [1.165, 1.54) is 11.8 Å². The number of aliphatic hydroxyl groups excluding tert-OH is 2. The number of rotatable bonds is 8. The maximum Gasteiger partial charge on any atom is 0.173 e. The molecule has 0 spiro atoms. The van der Waals surface area contributed by atoms with E-state index in [0.717, 1.165) is 16.0 Å². The normalized spacial score (nSPS) is 38.4. The number of aliphatic hydroxyl groups is 2. The van der Waals surface area contributed by atoms with Crippen molar-refractivity contribution in [2.24, 2.45) is 0 Å². The topological polar surface area (TPSA) is 86.6 Å². The van der Waals surface area contributed by atoms with Gasteiger partial charge in [-0.25, -0.2) is 0 Å². The summed E-state index contributed by atoms with van der Waals surface area (Å²) in [5.74, 6) is 0. The highest BCUT2D eigenvalue weighted by Gasteiger charge is 2.56. The van der Waals surface area contributed by atoms with Crippen LogP contribution >= 0.6 is 34.4 Å². The molecule has 0 unspecified atom stereocenters. The number of alkyl halides is 1. The first-order chi connectivity index (χ1) is 17.6. The van der Waals surface area contributed by atoms with Crippen LogP contribution in [0, 0.1) is 6.92 Å². The Kier molecular flexibility index (Phi) is 9.96. The first-order valence-electron chi connectivity index (χ1n) is 12.5. The maximum atomic E-state index is 11.6. The van der Waals surface area contributed by atoms with Gasteiger partial charge in [-0.3, -0.25) is 0 Å². The Balaban J connectivity index is 1.59. The standard InChI is InChI=1S/C28H37IO7S/c1-16-11-13-20(14-12-16)37-23-21(30)22(33-15-19-9-7-6-8-10-19)17(2)34-26(23)36-28(4)24(29)27(32-5)35-18(3)25(28)31/h6-14,17-18,21-27,30-31H,15H2,1-5H3/t17-,18+,21+,22-,23-,24+,25+,26+,27-,28+/m1/s1. The number of hydrogen-bond acceptors (Lipinski definition) is 8. The summed E-state index contributed by atoms with van der Waals surface area (Å²) in [6, 6.07) is 18.0. The zero-order chi connectivity index (χ0) is 26.7. The van der Waals surface area contributed by atoms with Crippen molar-refractivity contribution < 1.29 is 33.9 Å². The van der Waals surface area contributed by atoms with Crippen molar-refractivity contribution >= 4 is 34.4 Å². The van der Waals surface area contributed by atoms with Gasteiger partial charge in [-0.1, -0.05) is 70.6 Å². The minimum atomic E-state index is -1.05. The van der Waals surface area contributed by atoms with Crippen molar-refractivity contribution in [3.05, 3.63) is 65.7 Å². The van der Waals surface area contributed by atoms with Crippen molar-refractivity contribution in [3.8, 4) is 0 Å². The second-order valence-corrected chi connectivity index (χ2v) is 12.5. The second-order valence-electron chi connectivity index (χ2n) is 9.95. The van der Waals surface area contributed by atoms with Gasteiger partial charge in [0.2, 0.25) is 0 Å². The molecule has 4 rings (SSSR count). The van der Waals surface area contributed by atoms with E-state index in [1.807, 2.05) is 75.4 Å². The van der Waals surface area contributed by atoms with E-state index >= 15 is 0 Å². The highest BCUT2D eigenvalue weighted by Crippen LogP contribution is 2.43. The molecule has 2 aromatic carbocycles. The molecule has 2 aliphatic rings. The molecule has 2 aliphatic heterocycles. The molecule has 2 heterocycles. The molecule has 204 valence electrons. The summed E-state index contributed by atoms with van der Waals surface area (Å²) in [5.41, 5.74) is 1.13. The second kappa shape index (κ2) is 12.6. The predicted octanol–water partition coefficient (Wildman–Crippen LogP) is 4.48. The highest BCUT2D eigenvalue weighted by molar-refractivity contribution is 14.1. The molecule has 2 fully saturated rings. The molecule has 10 atom stereocenters. The summed E-state index contributed by atoms with van der Waals surface area (Å²) in [6.45, 7) is 7.93. The molecule has 7 nitrogen and oxygen atoms in total. The van der Waals surface area contributed by atoms with E-state index in [4.69, 9.17) is 23.7 Å². The van der Waals surface area contributed by atoms with Gasteiger partial charge in [0.15, 0.2) is 12.6 Å². The van der Waals surface area contributed by atoms with E-state index in [9.17, 15) is 10.2 Å². The van der Waals surface area contributed by atoms with Crippen LogP contribution in [0.2, 0.25) is 0 Å². The summed E-state index contributed by atoms with van der Waals surface area (Å²) < 4.78 is 30.3. The molecule has 9 heteroatoms. The molecule has 0 aromatic heterocycles. The summed E-state index contributed by atoms with van der Waals surface area (Å²) in [6.07, 6.45) is -4.68. The van der Waals surface area contributed by atoms with Crippen LogP contribution in [-0.4, -0.2) is 75.2 Å². The third-order valence-corrected chi connectivity index (χ3v) is 10.2. The van der Waals surface area contributed by atoms with Gasteiger partial charge in [0, 0.05) is 12.0 Å². The smallest absolute Gasteiger partial charge is 0.173 e. The van der Waals surface area contributed by atoms with E-state index < -0.39 is 54.0 Å². The number of aryl methyl sites for hydroxylation is 1. The monoisotopic (exact) mass is 644 g/mol. The molecule has 0 amide bonds. The number of halogens is 1. The van der Waals surface area contributed by atoms with Crippen LogP contribution in [0.1, 0.15) is 31.9 Å². The molecule has 0 aliphatic carbocycles. The Morgan fingerprint density at radius 1 is 0.973 bits per heavy atom. The summed E-state index contributed by atoms with van der Waals surface area (Å²) in [5, 5.41) is 22.3. The molecular formula is C28H37IO7S. The van der Waals surface area contributed by atoms with E-state index in [0.29, 0.717) is 6.61 Å². The number of hydrogen-bond donors (Lipinski definition) is 2. The average Bonchev–Trinajstić information content (AvgIpc) is 2.89. The van der Waals surface area contributed by atoms with Crippen LogP contribution in [0.3, 0.4) is 0 Å². The Hall–Kier alpha value is -0.760. The van der Waals surface area contributed by atoms with Gasteiger partial charge in [-0.05, 0) is 45.4 Å². The predicted molar refractivity (Wildman–Crippen MR) is 151 cm³/mol. The first-order valence-corrected chi connectivity index (χ1v) is 14.7. The molecule has 2 aromatic rings. The summed E-state index contributed by atoms with van der Waals surface area (Å²) in [7, 11) is 1.58. The van der Waals surface area contributed by atoms with Gasteiger partial charge in [0.25, 0.3) is 0 Å². The van der Waals surface area contributed by atoms with Gasteiger partial charge in [-0.2, -0.15) is 0 Å². The van der Waals surface area contributed by atoms with E-state index in [1.54, 1.807) is 14.0 Å². The number of benzene rings is 2. The Bertz CT molecular complexity index is 996. The minimum Gasteiger partial charge on any atom is -0.389 e.